The first-order valence-electron chi connectivity index (χ1n) is 5.04. The van der Waals surface area contributed by atoms with E-state index >= 15 is 0 Å². The summed E-state index contributed by atoms with van der Waals surface area (Å²) in [6.45, 7) is 1.76. The van der Waals surface area contributed by atoms with Gasteiger partial charge in [-0.25, -0.2) is 0 Å². The molecule has 0 fully saturated rings. The highest BCUT2D eigenvalue weighted by molar-refractivity contribution is 5.09. The zero-order valence-electron chi connectivity index (χ0n) is 9.06. The Labute approximate surface area is 90.4 Å². The third kappa shape index (κ3) is 5.47. The van der Waals surface area contributed by atoms with Crippen LogP contribution in [0.15, 0.2) is 24.5 Å². The van der Waals surface area contributed by atoms with Gasteiger partial charge in [0.2, 0.25) is 0 Å². The molecule has 0 saturated heterocycles. The number of nitrogens with two attached hydrogens (primary N) is 1. The lowest BCUT2D eigenvalue weighted by Gasteiger charge is -2.11. The molecule has 84 valence electrons. The Morgan fingerprint density at radius 3 is 3.00 bits per heavy atom. The van der Waals surface area contributed by atoms with E-state index in [0.29, 0.717) is 19.8 Å². The molecule has 4 heteroatoms. The molecular weight excluding hydrogens is 192 g/mol. The predicted octanol–water partition coefficient (Wildman–Crippen LogP) is 0.614. The summed E-state index contributed by atoms with van der Waals surface area (Å²) >= 11 is 0. The minimum absolute atomic E-state index is 0.0195. The van der Waals surface area contributed by atoms with Crippen LogP contribution in [0.4, 0.5) is 0 Å². The fourth-order valence-corrected chi connectivity index (χ4v) is 1.26. The first-order valence-corrected chi connectivity index (χ1v) is 5.04. The summed E-state index contributed by atoms with van der Waals surface area (Å²) in [6, 6.07) is 3.95. The molecule has 1 heterocycles. The largest absolute Gasteiger partial charge is 0.382 e. The molecule has 0 aliphatic heterocycles. The average molecular weight is 210 g/mol. The number of aromatic nitrogens is 1. The van der Waals surface area contributed by atoms with E-state index in [-0.39, 0.29) is 6.04 Å². The second-order valence-electron chi connectivity index (χ2n) is 3.39. The van der Waals surface area contributed by atoms with Gasteiger partial charge in [0.05, 0.1) is 19.8 Å². The van der Waals surface area contributed by atoms with Gasteiger partial charge < -0.3 is 15.2 Å². The number of nitrogens with zero attached hydrogens (tertiary/aromatic N) is 1. The Bertz CT molecular complexity index is 254. The van der Waals surface area contributed by atoms with Crippen LogP contribution in [-0.2, 0) is 15.9 Å². The molecule has 0 saturated carbocycles. The molecule has 0 spiro atoms. The third-order valence-electron chi connectivity index (χ3n) is 1.98. The maximum atomic E-state index is 5.89. The molecule has 0 aliphatic rings. The van der Waals surface area contributed by atoms with Gasteiger partial charge >= 0.3 is 0 Å². The van der Waals surface area contributed by atoms with Crippen LogP contribution >= 0.6 is 0 Å². The van der Waals surface area contributed by atoms with Gasteiger partial charge in [-0.2, -0.15) is 0 Å². The molecule has 4 nitrogen and oxygen atoms in total. The second-order valence-corrected chi connectivity index (χ2v) is 3.39. The molecule has 1 aromatic rings. The van der Waals surface area contributed by atoms with Crippen molar-refractivity contribution in [2.24, 2.45) is 5.73 Å². The monoisotopic (exact) mass is 210 g/mol. The Morgan fingerprint density at radius 1 is 1.47 bits per heavy atom. The summed E-state index contributed by atoms with van der Waals surface area (Å²) in [7, 11) is 1.65. The molecule has 1 aromatic heterocycles. The number of hydrogen-bond donors (Lipinski definition) is 1. The molecule has 0 aliphatic carbocycles. The number of ether oxygens (including phenoxy) is 2. The quantitative estimate of drug-likeness (QED) is 0.670. The van der Waals surface area contributed by atoms with E-state index in [2.05, 4.69) is 4.98 Å². The molecule has 2 N–H and O–H groups in total. The van der Waals surface area contributed by atoms with Crippen molar-refractivity contribution < 1.29 is 9.47 Å². The van der Waals surface area contributed by atoms with Gasteiger partial charge in [-0.1, -0.05) is 6.07 Å². The minimum atomic E-state index is 0.0195. The predicted molar refractivity (Wildman–Crippen MR) is 58.6 cm³/mol. The Hall–Kier alpha value is -0.970. The third-order valence-corrected chi connectivity index (χ3v) is 1.98. The van der Waals surface area contributed by atoms with E-state index in [1.54, 1.807) is 13.3 Å². The first kappa shape index (κ1) is 12.1. The highest BCUT2D eigenvalue weighted by Crippen LogP contribution is 1.99. The van der Waals surface area contributed by atoms with Crippen molar-refractivity contribution in [2.45, 2.75) is 12.5 Å². The highest BCUT2D eigenvalue weighted by Gasteiger charge is 2.03. The lowest BCUT2D eigenvalue weighted by molar-refractivity contribution is 0.0637. The molecule has 1 atom stereocenters. The van der Waals surface area contributed by atoms with Crippen LogP contribution in [0.3, 0.4) is 0 Å². The molecule has 0 bridgehead atoms. The van der Waals surface area contributed by atoms with Crippen molar-refractivity contribution in [3.05, 3.63) is 30.1 Å². The summed E-state index contributed by atoms with van der Waals surface area (Å²) in [6.07, 6.45) is 4.37. The number of pyridine rings is 1. The fourth-order valence-electron chi connectivity index (χ4n) is 1.26. The average Bonchev–Trinajstić information content (AvgIpc) is 2.26. The summed E-state index contributed by atoms with van der Waals surface area (Å²) in [4.78, 5) is 4.03. The molecule has 0 aromatic carbocycles. The van der Waals surface area contributed by atoms with Crippen molar-refractivity contribution in [2.75, 3.05) is 26.9 Å². The van der Waals surface area contributed by atoms with Crippen LogP contribution in [0.2, 0.25) is 0 Å². The number of hydrogen-bond acceptors (Lipinski definition) is 4. The Morgan fingerprint density at radius 2 is 2.33 bits per heavy atom. The highest BCUT2D eigenvalue weighted by atomic mass is 16.5. The summed E-state index contributed by atoms with van der Waals surface area (Å²) in [5.41, 5.74) is 7.03. The molecule has 15 heavy (non-hydrogen) atoms. The van der Waals surface area contributed by atoms with E-state index in [0.717, 1.165) is 12.0 Å². The number of methoxy groups -OCH3 is 1. The van der Waals surface area contributed by atoms with Crippen LogP contribution in [-0.4, -0.2) is 38.0 Å². The van der Waals surface area contributed by atoms with Crippen LogP contribution in [0.5, 0.6) is 0 Å². The van der Waals surface area contributed by atoms with Crippen LogP contribution in [0.1, 0.15) is 5.56 Å². The molecular formula is C11H18N2O2. The van der Waals surface area contributed by atoms with E-state index in [9.17, 15) is 0 Å². The lowest BCUT2D eigenvalue weighted by Crippen LogP contribution is -2.29. The van der Waals surface area contributed by atoms with Gasteiger partial charge in [0.15, 0.2) is 0 Å². The van der Waals surface area contributed by atoms with Gasteiger partial charge in [-0.05, 0) is 18.1 Å². The van der Waals surface area contributed by atoms with Crippen LogP contribution in [0.25, 0.3) is 0 Å². The fraction of sp³-hybridized carbons (Fsp3) is 0.545. The molecule has 0 amide bonds. The van der Waals surface area contributed by atoms with Crippen molar-refractivity contribution in [3.8, 4) is 0 Å². The zero-order valence-corrected chi connectivity index (χ0v) is 9.06. The van der Waals surface area contributed by atoms with Crippen molar-refractivity contribution >= 4 is 0 Å². The van der Waals surface area contributed by atoms with E-state index in [1.807, 2.05) is 18.3 Å². The van der Waals surface area contributed by atoms with E-state index < -0.39 is 0 Å². The van der Waals surface area contributed by atoms with Gasteiger partial charge in [-0.15, -0.1) is 0 Å². The van der Waals surface area contributed by atoms with Crippen LogP contribution < -0.4 is 5.73 Å². The van der Waals surface area contributed by atoms with Crippen molar-refractivity contribution in [1.29, 1.82) is 0 Å². The smallest absolute Gasteiger partial charge is 0.0701 e. The van der Waals surface area contributed by atoms with Gasteiger partial charge in [0.25, 0.3) is 0 Å². The summed E-state index contributed by atoms with van der Waals surface area (Å²) in [5.74, 6) is 0. The van der Waals surface area contributed by atoms with Gasteiger partial charge in [0.1, 0.15) is 0 Å². The number of rotatable bonds is 7. The normalized spacial score (nSPS) is 12.7. The van der Waals surface area contributed by atoms with Crippen molar-refractivity contribution in [3.63, 3.8) is 0 Å². The summed E-state index contributed by atoms with van der Waals surface area (Å²) < 4.78 is 10.2. The molecule has 1 unspecified atom stereocenters. The molecule has 1 rings (SSSR count). The molecule has 0 radical (unpaired) electrons. The summed E-state index contributed by atoms with van der Waals surface area (Å²) in [5, 5.41) is 0. The lowest BCUT2D eigenvalue weighted by atomic mass is 10.1. The van der Waals surface area contributed by atoms with Crippen LogP contribution in [0, 0.1) is 0 Å². The Kier molecular flexibility index (Phi) is 5.92. The van der Waals surface area contributed by atoms with Crippen molar-refractivity contribution in [1.82, 2.24) is 4.98 Å². The standard InChI is InChI=1S/C11H18N2O2/c1-14-5-6-15-9-11(12)7-10-3-2-4-13-8-10/h2-4,8,11H,5-7,9,12H2,1H3. The maximum Gasteiger partial charge on any atom is 0.0701 e. The minimum Gasteiger partial charge on any atom is -0.382 e. The van der Waals surface area contributed by atoms with E-state index in [4.69, 9.17) is 15.2 Å². The topological polar surface area (TPSA) is 57.4 Å². The van der Waals surface area contributed by atoms with Gasteiger partial charge in [0, 0.05) is 25.5 Å². The van der Waals surface area contributed by atoms with Gasteiger partial charge in [-0.3, -0.25) is 4.98 Å². The first-order chi connectivity index (χ1) is 7.33. The zero-order chi connectivity index (χ0) is 10.9. The second kappa shape index (κ2) is 7.34. The Balaban J connectivity index is 2.16. The maximum absolute atomic E-state index is 5.89. The SMILES string of the molecule is COCCOCC(N)Cc1cccnc1. The van der Waals surface area contributed by atoms with E-state index in [1.165, 1.54) is 0 Å².